The van der Waals surface area contributed by atoms with E-state index in [2.05, 4.69) is 137 Å². The van der Waals surface area contributed by atoms with Crippen molar-refractivity contribution in [1.82, 2.24) is 61.6 Å². The van der Waals surface area contributed by atoms with Crippen LogP contribution in [0.4, 0.5) is 0 Å². The average molecular weight is 781 g/mol. The van der Waals surface area contributed by atoms with E-state index >= 15 is 0 Å². The van der Waals surface area contributed by atoms with E-state index in [9.17, 15) is 0 Å². The van der Waals surface area contributed by atoms with Crippen molar-refractivity contribution in [2.75, 3.05) is 78.5 Å². The molecule has 2 aromatic carbocycles. The molecule has 0 amide bonds. The highest BCUT2D eigenvalue weighted by atomic mass is 15.2. The van der Waals surface area contributed by atoms with Crippen LogP contribution in [0, 0.1) is 0 Å². The van der Waals surface area contributed by atoms with Gasteiger partial charge in [-0.1, -0.05) is 48.5 Å². The SMILES string of the molecule is c1cc2nc(c1)CNCCN(CCNCc1ccnc3ccccc13)CCNCc1cccc(n1)CNCCN(CCNCc1ccnc3ccccc13)CCNC2. The van der Waals surface area contributed by atoms with Crippen LogP contribution < -0.4 is 31.9 Å². The van der Waals surface area contributed by atoms with Gasteiger partial charge in [0, 0.05) is 141 Å². The van der Waals surface area contributed by atoms with Crippen molar-refractivity contribution in [3.8, 4) is 0 Å². The number of fused-ring (bicyclic) bond motifs is 6. The van der Waals surface area contributed by atoms with Crippen LogP contribution in [-0.2, 0) is 39.3 Å². The van der Waals surface area contributed by atoms with Crippen LogP contribution in [0.1, 0.15) is 33.9 Å². The molecule has 304 valence electrons. The Morgan fingerprint density at radius 1 is 0.448 bits per heavy atom. The van der Waals surface area contributed by atoms with Crippen LogP contribution in [0.2, 0.25) is 0 Å². The predicted octanol–water partition coefficient (Wildman–Crippen LogP) is 3.83. The van der Waals surface area contributed by atoms with Gasteiger partial charge in [0.2, 0.25) is 0 Å². The molecule has 0 atom stereocenters. The molecule has 0 radical (unpaired) electrons. The summed E-state index contributed by atoms with van der Waals surface area (Å²) in [6.45, 7) is 15.7. The molecule has 58 heavy (non-hydrogen) atoms. The highest BCUT2D eigenvalue weighted by Crippen LogP contribution is 2.17. The maximum atomic E-state index is 4.97. The maximum absolute atomic E-state index is 4.97. The van der Waals surface area contributed by atoms with E-state index in [-0.39, 0.29) is 0 Å². The molecule has 1 aliphatic rings. The third-order valence-corrected chi connectivity index (χ3v) is 10.7. The molecule has 4 aromatic heterocycles. The molecule has 0 unspecified atom stereocenters. The molecule has 6 N–H and O–H groups in total. The van der Waals surface area contributed by atoms with Crippen molar-refractivity contribution >= 4 is 21.8 Å². The van der Waals surface area contributed by atoms with Crippen LogP contribution in [0.5, 0.6) is 0 Å². The van der Waals surface area contributed by atoms with Crippen molar-refractivity contribution < 1.29 is 0 Å². The van der Waals surface area contributed by atoms with Crippen LogP contribution in [-0.4, -0.2) is 108 Å². The molecule has 4 bridgehead atoms. The summed E-state index contributed by atoms with van der Waals surface area (Å²) in [7, 11) is 0. The molecule has 0 fully saturated rings. The Kier molecular flexibility index (Phi) is 16.4. The number of nitrogens with one attached hydrogen (secondary N) is 6. The standard InChI is InChI=1S/C46H60N12/c1-3-13-45-43(11-1)37(15-17-53-45)31-47-19-25-57-27-21-49-33-39-7-5-9-41(55-39)35-51-23-29-58(26-20-48-32-38-16-18-54-46-14-4-2-12-44(38)46)30-24-52-36-42-10-6-8-40(56-42)34-50-22-28-57/h1-18,47-52H,19-36H2. The van der Waals surface area contributed by atoms with Crippen molar-refractivity contribution in [3.63, 3.8) is 0 Å². The van der Waals surface area contributed by atoms with Gasteiger partial charge in [-0.3, -0.25) is 29.7 Å². The number of hydrogen-bond acceptors (Lipinski definition) is 12. The van der Waals surface area contributed by atoms with Gasteiger partial charge in [-0.25, -0.2) is 0 Å². The number of nitrogens with zero attached hydrogens (tertiary/aromatic N) is 6. The van der Waals surface area contributed by atoms with Crippen molar-refractivity contribution in [3.05, 3.63) is 143 Å². The summed E-state index contributed by atoms with van der Waals surface area (Å²) in [6.07, 6.45) is 3.81. The fourth-order valence-electron chi connectivity index (χ4n) is 7.48. The van der Waals surface area contributed by atoms with Crippen molar-refractivity contribution in [1.29, 1.82) is 0 Å². The molecule has 12 nitrogen and oxygen atoms in total. The minimum Gasteiger partial charge on any atom is -0.311 e. The Morgan fingerprint density at radius 2 is 0.828 bits per heavy atom. The van der Waals surface area contributed by atoms with E-state index in [4.69, 9.17) is 9.97 Å². The lowest BCUT2D eigenvalue weighted by atomic mass is 10.1. The third-order valence-electron chi connectivity index (χ3n) is 10.7. The molecule has 1 aliphatic heterocycles. The van der Waals surface area contributed by atoms with Gasteiger partial charge in [0.25, 0.3) is 0 Å². The Bertz CT molecular complexity index is 1910. The summed E-state index contributed by atoms with van der Waals surface area (Å²) in [5.41, 5.74) is 8.94. The van der Waals surface area contributed by atoms with Gasteiger partial charge >= 0.3 is 0 Å². The largest absolute Gasteiger partial charge is 0.311 e. The first-order valence-corrected chi connectivity index (χ1v) is 21.0. The van der Waals surface area contributed by atoms with E-state index in [0.29, 0.717) is 0 Å². The van der Waals surface area contributed by atoms with Gasteiger partial charge in [0.1, 0.15) is 0 Å². The number of hydrogen-bond donors (Lipinski definition) is 6. The van der Waals surface area contributed by atoms with E-state index in [1.54, 1.807) is 0 Å². The molecule has 0 saturated carbocycles. The maximum Gasteiger partial charge on any atom is 0.0705 e. The molecular weight excluding hydrogens is 721 g/mol. The van der Waals surface area contributed by atoms with Crippen molar-refractivity contribution in [2.24, 2.45) is 0 Å². The molecule has 7 rings (SSSR count). The first-order chi connectivity index (χ1) is 28.8. The van der Waals surface area contributed by atoms with E-state index < -0.39 is 0 Å². The Labute approximate surface area is 343 Å². The number of benzene rings is 2. The number of pyridine rings is 4. The lowest BCUT2D eigenvalue weighted by molar-refractivity contribution is 0.270. The fourth-order valence-corrected chi connectivity index (χ4v) is 7.48. The van der Waals surface area contributed by atoms with Gasteiger partial charge in [-0.2, -0.15) is 0 Å². The summed E-state index contributed by atoms with van der Waals surface area (Å²) in [6, 6.07) is 33.7. The Balaban J connectivity index is 0.915. The van der Waals surface area contributed by atoms with Gasteiger partial charge in [-0.05, 0) is 59.7 Å². The first-order valence-electron chi connectivity index (χ1n) is 21.0. The number of rotatable bonds is 10. The van der Waals surface area contributed by atoms with Crippen LogP contribution in [0.3, 0.4) is 0 Å². The molecule has 5 heterocycles. The second-order valence-electron chi connectivity index (χ2n) is 15.0. The highest BCUT2D eigenvalue weighted by Gasteiger charge is 2.10. The van der Waals surface area contributed by atoms with Crippen LogP contribution in [0.15, 0.2) is 109 Å². The minimum atomic E-state index is 0.748. The second-order valence-corrected chi connectivity index (χ2v) is 15.0. The molecule has 12 heteroatoms. The second kappa shape index (κ2) is 23.0. The van der Waals surface area contributed by atoms with E-state index in [1.807, 2.05) is 24.5 Å². The zero-order valence-electron chi connectivity index (χ0n) is 33.8. The summed E-state index contributed by atoms with van der Waals surface area (Å²) in [4.78, 5) is 24.0. The first kappa shape index (κ1) is 41.4. The monoisotopic (exact) mass is 781 g/mol. The lowest BCUT2D eigenvalue weighted by Gasteiger charge is -2.23. The quantitative estimate of drug-likeness (QED) is 0.113. The van der Waals surface area contributed by atoms with Gasteiger partial charge in [0.05, 0.1) is 33.8 Å². The predicted molar refractivity (Wildman–Crippen MR) is 235 cm³/mol. The summed E-state index contributed by atoms with van der Waals surface area (Å²) >= 11 is 0. The fraction of sp³-hybridized carbons (Fsp3) is 0.391. The summed E-state index contributed by atoms with van der Waals surface area (Å²) < 4.78 is 0. The molecular formula is C46H60N12. The molecule has 0 aliphatic carbocycles. The zero-order chi connectivity index (χ0) is 39.5. The zero-order valence-corrected chi connectivity index (χ0v) is 33.8. The lowest BCUT2D eigenvalue weighted by Crippen LogP contribution is -2.40. The summed E-state index contributed by atoms with van der Waals surface area (Å²) in [5.74, 6) is 0. The topological polar surface area (TPSA) is 130 Å². The van der Waals surface area contributed by atoms with E-state index in [1.165, 1.54) is 21.9 Å². The molecule has 0 saturated heterocycles. The van der Waals surface area contributed by atoms with E-state index in [0.717, 1.165) is 152 Å². The Morgan fingerprint density at radius 3 is 1.22 bits per heavy atom. The van der Waals surface area contributed by atoms with Crippen molar-refractivity contribution in [2.45, 2.75) is 39.3 Å². The Hall–Kier alpha value is -4.76. The van der Waals surface area contributed by atoms with Gasteiger partial charge in [0.15, 0.2) is 0 Å². The molecule has 6 aromatic rings. The smallest absolute Gasteiger partial charge is 0.0705 e. The van der Waals surface area contributed by atoms with Gasteiger partial charge < -0.3 is 31.9 Å². The normalized spacial score (nSPS) is 16.3. The number of aromatic nitrogens is 4. The highest BCUT2D eigenvalue weighted by molar-refractivity contribution is 5.82. The van der Waals surface area contributed by atoms with Crippen LogP contribution >= 0.6 is 0 Å². The molecule has 0 spiro atoms. The summed E-state index contributed by atoms with van der Waals surface area (Å²) in [5, 5.41) is 24.4. The number of para-hydroxylation sites is 2. The third kappa shape index (κ3) is 13.1. The minimum absolute atomic E-state index is 0.748. The van der Waals surface area contributed by atoms with Crippen LogP contribution in [0.25, 0.3) is 21.8 Å². The van der Waals surface area contributed by atoms with Gasteiger partial charge in [-0.15, -0.1) is 0 Å². The average Bonchev–Trinajstić information content (AvgIpc) is 3.26.